The molecule has 3 rings (SSSR count). The molecule has 4 nitrogen and oxygen atoms in total. The molecule has 1 aliphatic rings. The minimum atomic E-state index is -0.772. The minimum Gasteiger partial charge on any atom is -0.322 e. The molecule has 1 N–H and O–H groups in total. The monoisotopic (exact) mass is 317 g/mol. The van der Waals surface area contributed by atoms with Crippen molar-refractivity contribution in [1.29, 1.82) is 0 Å². The van der Waals surface area contributed by atoms with Crippen molar-refractivity contribution in [2.75, 3.05) is 25.0 Å². The van der Waals surface area contributed by atoms with Crippen molar-refractivity contribution in [1.82, 2.24) is 9.88 Å². The Morgan fingerprint density at radius 3 is 2.91 bits per heavy atom. The molecule has 1 amide bonds. The Morgan fingerprint density at radius 1 is 1.30 bits per heavy atom. The molecule has 1 saturated heterocycles. The maximum absolute atomic E-state index is 13.5. The third-order valence-electron chi connectivity index (χ3n) is 3.95. The van der Waals surface area contributed by atoms with Crippen LogP contribution in [0.5, 0.6) is 0 Å². The Labute approximate surface area is 133 Å². The van der Waals surface area contributed by atoms with Crippen LogP contribution in [0.4, 0.5) is 14.5 Å². The van der Waals surface area contributed by atoms with Crippen LogP contribution < -0.4 is 5.32 Å². The molecule has 0 spiro atoms. The van der Waals surface area contributed by atoms with Crippen LogP contribution in [0.1, 0.15) is 18.0 Å². The molecule has 0 aliphatic carbocycles. The van der Waals surface area contributed by atoms with E-state index in [9.17, 15) is 13.6 Å². The molecule has 23 heavy (non-hydrogen) atoms. The van der Waals surface area contributed by atoms with E-state index in [0.717, 1.165) is 37.3 Å². The van der Waals surface area contributed by atoms with Gasteiger partial charge in [0, 0.05) is 30.4 Å². The van der Waals surface area contributed by atoms with E-state index in [1.807, 2.05) is 23.1 Å². The highest BCUT2D eigenvalue weighted by atomic mass is 19.1. The molecular formula is C17H17F2N3O. The van der Waals surface area contributed by atoms with E-state index in [4.69, 9.17) is 0 Å². The summed E-state index contributed by atoms with van der Waals surface area (Å²) in [5, 5.41) is 2.48. The van der Waals surface area contributed by atoms with Crippen LogP contribution in [-0.4, -0.2) is 35.4 Å². The maximum Gasteiger partial charge on any atom is 0.238 e. The van der Waals surface area contributed by atoms with Crippen LogP contribution in [0.2, 0.25) is 0 Å². The first-order valence-electron chi connectivity index (χ1n) is 7.50. The van der Waals surface area contributed by atoms with Crippen molar-refractivity contribution in [2.24, 2.45) is 0 Å². The van der Waals surface area contributed by atoms with Gasteiger partial charge >= 0.3 is 0 Å². The normalized spacial score (nSPS) is 18.1. The number of likely N-dealkylation sites (tertiary alicyclic amines) is 1. The summed E-state index contributed by atoms with van der Waals surface area (Å²) in [5.41, 5.74) is 1.02. The van der Waals surface area contributed by atoms with E-state index in [-0.39, 0.29) is 18.1 Å². The fourth-order valence-corrected chi connectivity index (χ4v) is 2.82. The van der Waals surface area contributed by atoms with Gasteiger partial charge in [0.05, 0.1) is 12.2 Å². The van der Waals surface area contributed by atoms with Gasteiger partial charge in [-0.2, -0.15) is 0 Å². The van der Waals surface area contributed by atoms with Gasteiger partial charge in [-0.1, -0.05) is 6.07 Å². The first kappa shape index (κ1) is 15.6. The fourth-order valence-electron chi connectivity index (χ4n) is 2.82. The van der Waals surface area contributed by atoms with Gasteiger partial charge in [0.25, 0.3) is 0 Å². The molecule has 1 aromatic heterocycles. The number of rotatable bonds is 4. The molecule has 1 fully saturated rings. The summed E-state index contributed by atoms with van der Waals surface area (Å²) in [4.78, 5) is 18.4. The maximum atomic E-state index is 13.5. The molecule has 6 heteroatoms. The van der Waals surface area contributed by atoms with Gasteiger partial charge in [0.2, 0.25) is 5.91 Å². The second kappa shape index (κ2) is 6.83. The van der Waals surface area contributed by atoms with Crippen molar-refractivity contribution in [3.05, 3.63) is 59.9 Å². The van der Waals surface area contributed by atoms with Crippen LogP contribution >= 0.6 is 0 Å². The van der Waals surface area contributed by atoms with Crippen molar-refractivity contribution in [2.45, 2.75) is 12.3 Å². The molecule has 1 unspecified atom stereocenters. The zero-order valence-corrected chi connectivity index (χ0v) is 12.5. The summed E-state index contributed by atoms with van der Waals surface area (Å²) < 4.78 is 26.4. The Bertz CT molecular complexity index is 693. The number of hydrogen-bond donors (Lipinski definition) is 1. The van der Waals surface area contributed by atoms with Crippen molar-refractivity contribution in [3.63, 3.8) is 0 Å². The lowest BCUT2D eigenvalue weighted by molar-refractivity contribution is -0.117. The second-order valence-electron chi connectivity index (χ2n) is 5.65. The number of amides is 1. The van der Waals surface area contributed by atoms with E-state index >= 15 is 0 Å². The quantitative estimate of drug-likeness (QED) is 0.943. The molecule has 1 atom stereocenters. The van der Waals surface area contributed by atoms with E-state index in [2.05, 4.69) is 10.3 Å². The summed E-state index contributed by atoms with van der Waals surface area (Å²) in [6.45, 7) is 1.72. The summed E-state index contributed by atoms with van der Waals surface area (Å²) in [7, 11) is 0. The standard InChI is InChI=1S/C17H17F2N3O/c18-13-4-5-16(14(19)9-13)21-17(23)11-22-8-6-12(10-22)15-3-1-2-7-20-15/h1-5,7,9,12H,6,8,10-11H2,(H,21,23). The van der Waals surface area contributed by atoms with Gasteiger partial charge in [-0.3, -0.25) is 14.7 Å². The second-order valence-corrected chi connectivity index (χ2v) is 5.65. The minimum absolute atomic E-state index is 0.00290. The summed E-state index contributed by atoms with van der Waals surface area (Å²) in [6, 6.07) is 8.91. The van der Waals surface area contributed by atoms with Gasteiger partial charge in [-0.15, -0.1) is 0 Å². The Morgan fingerprint density at radius 2 is 2.17 bits per heavy atom. The number of halogens is 2. The van der Waals surface area contributed by atoms with Crippen LogP contribution in [0, 0.1) is 11.6 Å². The molecule has 0 saturated carbocycles. The summed E-state index contributed by atoms with van der Waals surface area (Å²) in [5.74, 6) is -1.44. The number of aromatic nitrogens is 1. The van der Waals surface area contributed by atoms with Crippen LogP contribution in [0.15, 0.2) is 42.6 Å². The first-order chi connectivity index (χ1) is 11.1. The third kappa shape index (κ3) is 3.90. The summed E-state index contributed by atoms with van der Waals surface area (Å²) >= 11 is 0. The van der Waals surface area contributed by atoms with E-state index in [1.165, 1.54) is 6.07 Å². The molecule has 2 heterocycles. The van der Waals surface area contributed by atoms with E-state index in [0.29, 0.717) is 5.92 Å². The Kier molecular flexibility index (Phi) is 4.62. The number of carbonyl (C=O) groups excluding carboxylic acids is 1. The molecule has 2 aromatic rings. The Balaban J connectivity index is 1.55. The zero-order valence-electron chi connectivity index (χ0n) is 12.5. The SMILES string of the molecule is O=C(CN1CCC(c2ccccn2)C1)Nc1ccc(F)cc1F. The summed E-state index contributed by atoms with van der Waals surface area (Å²) in [6.07, 6.45) is 2.71. The largest absolute Gasteiger partial charge is 0.322 e. The molecule has 1 aliphatic heterocycles. The number of nitrogens with one attached hydrogen (secondary N) is 1. The lowest BCUT2D eigenvalue weighted by atomic mass is 10.0. The van der Waals surface area contributed by atoms with Gasteiger partial charge < -0.3 is 5.32 Å². The lowest BCUT2D eigenvalue weighted by Gasteiger charge is -2.15. The number of nitrogens with zero attached hydrogens (tertiary/aromatic N) is 2. The number of hydrogen-bond acceptors (Lipinski definition) is 3. The predicted molar refractivity (Wildman–Crippen MR) is 83.0 cm³/mol. The van der Waals surface area contributed by atoms with Crippen molar-refractivity contribution < 1.29 is 13.6 Å². The molecule has 120 valence electrons. The highest BCUT2D eigenvalue weighted by molar-refractivity contribution is 5.92. The average Bonchev–Trinajstić information content (AvgIpc) is 2.99. The Hall–Kier alpha value is -2.34. The van der Waals surface area contributed by atoms with E-state index in [1.54, 1.807) is 6.20 Å². The average molecular weight is 317 g/mol. The highest BCUT2D eigenvalue weighted by Gasteiger charge is 2.26. The van der Waals surface area contributed by atoms with E-state index < -0.39 is 11.6 Å². The number of anilines is 1. The van der Waals surface area contributed by atoms with Crippen molar-refractivity contribution in [3.8, 4) is 0 Å². The first-order valence-corrected chi connectivity index (χ1v) is 7.50. The number of benzene rings is 1. The highest BCUT2D eigenvalue weighted by Crippen LogP contribution is 2.25. The molecule has 0 bridgehead atoms. The van der Waals surface area contributed by atoms with Crippen molar-refractivity contribution >= 4 is 11.6 Å². The molecule has 0 radical (unpaired) electrons. The van der Waals surface area contributed by atoms with Crippen LogP contribution in [0.3, 0.4) is 0 Å². The lowest BCUT2D eigenvalue weighted by Crippen LogP contribution is -2.31. The number of carbonyl (C=O) groups is 1. The number of pyridine rings is 1. The van der Waals surface area contributed by atoms with Gasteiger partial charge in [0.15, 0.2) is 0 Å². The van der Waals surface area contributed by atoms with Crippen LogP contribution in [0.25, 0.3) is 0 Å². The zero-order chi connectivity index (χ0) is 16.2. The van der Waals surface area contributed by atoms with Gasteiger partial charge in [-0.05, 0) is 37.2 Å². The predicted octanol–water partition coefficient (Wildman–Crippen LogP) is 2.79. The fraction of sp³-hybridized carbons (Fsp3) is 0.294. The topological polar surface area (TPSA) is 45.2 Å². The third-order valence-corrected chi connectivity index (χ3v) is 3.95. The van der Waals surface area contributed by atoms with Crippen LogP contribution in [-0.2, 0) is 4.79 Å². The van der Waals surface area contributed by atoms with Gasteiger partial charge in [0.1, 0.15) is 11.6 Å². The molecular weight excluding hydrogens is 300 g/mol. The smallest absolute Gasteiger partial charge is 0.238 e. The van der Waals surface area contributed by atoms with Gasteiger partial charge in [-0.25, -0.2) is 8.78 Å². The molecule has 1 aromatic carbocycles.